The second-order valence-corrected chi connectivity index (χ2v) is 18.0. The standard InChI is InChI=1S/C45H32N6Si/c1-52(2)38-25-15-13-23-34(38)40-41(52)39(29-16-6-3-7-17-29)46-45(47-40)51-36-24-14-12-22-33(36)35-28-32(26-27-37(35)51)44-49-42(30-18-8-4-9-19-30)48-43(50-44)31-20-10-5-11-21-31/h3-28H,1-2H3. The van der Waals surface area contributed by atoms with E-state index in [9.17, 15) is 0 Å². The Bertz CT molecular complexity index is 2760. The van der Waals surface area contributed by atoms with Gasteiger partial charge in [0.25, 0.3) is 0 Å². The summed E-state index contributed by atoms with van der Waals surface area (Å²) in [5.41, 5.74) is 9.25. The van der Waals surface area contributed by atoms with Crippen LogP contribution in [0.4, 0.5) is 0 Å². The molecule has 0 atom stereocenters. The van der Waals surface area contributed by atoms with Crippen LogP contribution >= 0.6 is 0 Å². The van der Waals surface area contributed by atoms with Gasteiger partial charge in [-0.15, -0.1) is 0 Å². The van der Waals surface area contributed by atoms with Crippen LogP contribution in [0.3, 0.4) is 0 Å². The minimum absolute atomic E-state index is 0.621. The van der Waals surface area contributed by atoms with Crippen LogP contribution in [0.2, 0.25) is 13.1 Å². The summed E-state index contributed by atoms with van der Waals surface area (Å²) in [6.45, 7) is 4.84. The average Bonchev–Trinajstić information content (AvgIpc) is 3.66. The summed E-state index contributed by atoms with van der Waals surface area (Å²) >= 11 is 0. The SMILES string of the molecule is C[Si]1(C)c2ccccc2-c2nc(-n3c4ccccc4c4cc(-c5nc(-c6ccccc6)nc(-c6ccccc6)n5)ccc43)nc(-c3ccccc3)c21. The van der Waals surface area contributed by atoms with E-state index < -0.39 is 8.07 Å². The van der Waals surface area contributed by atoms with Crippen molar-refractivity contribution in [3.05, 3.63) is 158 Å². The summed E-state index contributed by atoms with van der Waals surface area (Å²) in [4.78, 5) is 25.8. The van der Waals surface area contributed by atoms with Crippen LogP contribution in [0.5, 0.6) is 0 Å². The predicted molar refractivity (Wildman–Crippen MR) is 214 cm³/mol. The molecule has 0 radical (unpaired) electrons. The maximum Gasteiger partial charge on any atom is 0.235 e. The molecule has 1 aliphatic heterocycles. The molecule has 0 bridgehead atoms. The number of hydrogen-bond acceptors (Lipinski definition) is 5. The summed E-state index contributed by atoms with van der Waals surface area (Å²) in [5.74, 6) is 2.56. The number of nitrogens with zero attached hydrogens (tertiary/aromatic N) is 6. The molecule has 0 N–H and O–H groups in total. The molecule has 0 spiro atoms. The molecule has 10 rings (SSSR count). The van der Waals surface area contributed by atoms with Crippen molar-refractivity contribution in [3.63, 3.8) is 0 Å². The smallest absolute Gasteiger partial charge is 0.235 e. The minimum atomic E-state index is -2.08. The van der Waals surface area contributed by atoms with Crippen LogP contribution in [-0.2, 0) is 0 Å². The molecular formula is C45H32N6Si. The molecule has 0 unspecified atom stereocenters. The van der Waals surface area contributed by atoms with Crippen LogP contribution < -0.4 is 10.4 Å². The molecule has 7 heteroatoms. The van der Waals surface area contributed by atoms with Crippen molar-refractivity contribution in [2.75, 3.05) is 0 Å². The van der Waals surface area contributed by atoms with Crippen molar-refractivity contribution in [2.45, 2.75) is 13.1 Å². The fourth-order valence-electron chi connectivity index (χ4n) is 7.78. The Morgan fingerprint density at radius 2 is 0.942 bits per heavy atom. The lowest BCUT2D eigenvalue weighted by Gasteiger charge is -2.21. The van der Waals surface area contributed by atoms with Crippen molar-refractivity contribution in [3.8, 4) is 62.6 Å². The fraction of sp³-hybridized carbons (Fsp3) is 0.0444. The number of rotatable bonds is 5. The first kappa shape index (κ1) is 30.3. The van der Waals surface area contributed by atoms with Crippen molar-refractivity contribution < 1.29 is 0 Å². The molecule has 0 fully saturated rings. The topological polar surface area (TPSA) is 69.4 Å². The monoisotopic (exact) mass is 684 g/mol. The molecule has 52 heavy (non-hydrogen) atoms. The molecule has 1 aliphatic rings. The highest BCUT2D eigenvalue weighted by Gasteiger charge is 2.41. The maximum absolute atomic E-state index is 5.46. The van der Waals surface area contributed by atoms with E-state index in [2.05, 4.69) is 115 Å². The number of aromatic nitrogens is 6. The Balaban J connectivity index is 1.21. The van der Waals surface area contributed by atoms with E-state index in [0.29, 0.717) is 23.4 Å². The number of para-hydroxylation sites is 1. The fourth-order valence-corrected chi connectivity index (χ4v) is 11.0. The van der Waals surface area contributed by atoms with E-state index in [1.807, 2.05) is 60.7 Å². The van der Waals surface area contributed by atoms with E-state index in [4.69, 9.17) is 24.9 Å². The highest BCUT2D eigenvalue weighted by atomic mass is 28.3. The van der Waals surface area contributed by atoms with Gasteiger partial charge in [0.2, 0.25) is 5.95 Å². The summed E-state index contributed by atoms with van der Waals surface area (Å²) in [6.07, 6.45) is 0. The maximum atomic E-state index is 5.46. The molecule has 4 heterocycles. The number of fused-ring (bicyclic) bond motifs is 6. The van der Waals surface area contributed by atoms with E-state index >= 15 is 0 Å². The summed E-state index contributed by atoms with van der Waals surface area (Å²) in [6, 6.07) is 54.5. The van der Waals surface area contributed by atoms with Crippen LogP contribution in [0.1, 0.15) is 0 Å². The first-order valence-electron chi connectivity index (χ1n) is 17.5. The Kier molecular flexibility index (Phi) is 6.84. The van der Waals surface area contributed by atoms with Gasteiger partial charge in [-0.3, -0.25) is 4.57 Å². The van der Waals surface area contributed by atoms with Crippen LogP contribution in [0.25, 0.3) is 84.4 Å². The summed E-state index contributed by atoms with van der Waals surface area (Å²) in [5, 5.41) is 4.89. The van der Waals surface area contributed by atoms with Gasteiger partial charge in [-0.2, -0.15) is 0 Å². The van der Waals surface area contributed by atoms with E-state index in [1.165, 1.54) is 15.9 Å². The van der Waals surface area contributed by atoms with Crippen LogP contribution in [0.15, 0.2) is 158 Å². The molecule has 6 nitrogen and oxygen atoms in total. The summed E-state index contributed by atoms with van der Waals surface area (Å²) < 4.78 is 2.22. The van der Waals surface area contributed by atoms with E-state index in [-0.39, 0.29) is 0 Å². The molecule has 0 saturated heterocycles. The van der Waals surface area contributed by atoms with Gasteiger partial charge >= 0.3 is 0 Å². The third-order valence-corrected chi connectivity index (χ3v) is 13.8. The van der Waals surface area contributed by atoms with Crippen molar-refractivity contribution in [1.82, 2.24) is 29.5 Å². The highest BCUT2D eigenvalue weighted by molar-refractivity contribution is 7.04. The first-order chi connectivity index (χ1) is 25.5. The number of benzene rings is 6. The van der Waals surface area contributed by atoms with Gasteiger partial charge in [0.05, 0.1) is 22.4 Å². The molecule has 246 valence electrons. The Morgan fingerprint density at radius 3 is 1.62 bits per heavy atom. The second kappa shape index (κ2) is 11.8. The van der Waals surface area contributed by atoms with Crippen molar-refractivity contribution >= 4 is 40.3 Å². The van der Waals surface area contributed by atoms with Gasteiger partial charge in [0.1, 0.15) is 8.07 Å². The van der Waals surface area contributed by atoms with Gasteiger partial charge in [0.15, 0.2) is 17.5 Å². The molecule has 0 amide bonds. The highest BCUT2D eigenvalue weighted by Crippen LogP contribution is 2.37. The summed E-state index contributed by atoms with van der Waals surface area (Å²) in [7, 11) is -2.08. The first-order valence-corrected chi connectivity index (χ1v) is 20.5. The Labute approximate surface area is 302 Å². The molecule has 0 saturated carbocycles. The average molecular weight is 685 g/mol. The zero-order valence-electron chi connectivity index (χ0n) is 28.7. The van der Waals surface area contributed by atoms with Crippen molar-refractivity contribution in [1.29, 1.82) is 0 Å². The van der Waals surface area contributed by atoms with E-state index in [0.717, 1.165) is 55.4 Å². The minimum Gasteiger partial charge on any atom is -0.278 e. The van der Waals surface area contributed by atoms with Gasteiger partial charge in [-0.1, -0.05) is 147 Å². The van der Waals surface area contributed by atoms with Crippen molar-refractivity contribution in [2.24, 2.45) is 0 Å². The molecular weight excluding hydrogens is 653 g/mol. The molecule has 3 aromatic heterocycles. The zero-order valence-corrected chi connectivity index (χ0v) is 29.7. The zero-order chi connectivity index (χ0) is 34.8. The normalized spacial score (nSPS) is 13.0. The lowest BCUT2D eigenvalue weighted by Crippen LogP contribution is -2.50. The quantitative estimate of drug-likeness (QED) is 0.169. The van der Waals surface area contributed by atoms with Crippen LogP contribution in [-0.4, -0.2) is 37.6 Å². The van der Waals surface area contributed by atoms with Gasteiger partial charge < -0.3 is 0 Å². The third kappa shape index (κ3) is 4.74. The number of hydrogen-bond donors (Lipinski definition) is 0. The molecule has 6 aromatic carbocycles. The second-order valence-electron chi connectivity index (χ2n) is 13.8. The van der Waals surface area contributed by atoms with E-state index in [1.54, 1.807) is 0 Å². The molecule has 9 aromatic rings. The lowest BCUT2D eigenvalue weighted by molar-refractivity contribution is 1.00. The Hall–Kier alpha value is -6.57. The van der Waals surface area contributed by atoms with Gasteiger partial charge in [-0.25, -0.2) is 24.9 Å². The lowest BCUT2D eigenvalue weighted by atomic mass is 10.1. The molecule has 0 aliphatic carbocycles. The van der Waals surface area contributed by atoms with Gasteiger partial charge in [-0.05, 0) is 40.2 Å². The van der Waals surface area contributed by atoms with Crippen LogP contribution in [0, 0.1) is 0 Å². The Morgan fingerprint density at radius 1 is 0.423 bits per heavy atom. The predicted octanol–water partition coefficient (Wildman–Crippen LogP) is 9.23. The largest absolute Gasteiger partial charge is 0.278 e. The third-order valence-electron chi connectivity index (χ3n) is 10.3. The van der Waals surface area contributed by atoms with Gasteiger partial charge in [0, 0.05) is 33.0 Å².